The van der Waals surface area contributed by atoms with E-state index in [2.05, 4.69) is 51.0 Å². The van der Waals surface area contributed by atoms with Crippen LogP contribution in [-0.2, 0) is 11.3 Å². The van der Waals surface area contributed by atoms with Gasteiger partial charge < -0.3 is 24.8 Å². The Kier molecular flexibility index (Phi) is 8.59. The minimum atomic E-state index is 0. The van der Waals surface area contributed by atoms with Crippen molar-refractivity contribution in [3.63, 3.8) is 0 Å². The number of nitrogens with one attached hydrogen (secondary N) is 1. The fraction of sp³-hybridized carbons (Fsp3) is 0.727. The highest BCUT2D eigenvalue weighted by molar-refractivity contribution is 14.0. The van der Waals surface area contributed by atoms with E-state index in [1.54, 1.807) is 0 Å². The zero-order valence-corrected chi connectivity index (χ0v) is 20.8. The molecule has 3 saturated heterocycles. The molecule has 0 radical (unpaired) electrons. The summed E-state index contributed by atoms with van der Waals surface area (Å²) < 4.78 is 5.68. The minimum absolute atomic E-state index is 0. The Balaban J connectivity index is 0.00000256. The molecule has 168 valence electrons. The van der Waals surface area contributed by atoms with Gasteiger partial charge in [0, 0.05) is 64.0 Å². The first-order valence-electron chi connectivity index (χ1n) is 11.2. The lowest BCUT2D eigenvalue weighted by molar-refractivity contribution is 0.156. The maximum Gasteiger partial charge on any atom is 0.194 e. The molecule has 3 aliphatic heterocycles. The van der Waals surface area contributed by atoms with Crippen molar-refractivity contribution in [1.29, 1.82) is 0 Å². The highest BCUT2D eigenvalue weighted by atomic mass is 127. The average molecular weight is 528 g/mol. The number of hydrogen-bond donors (Lipinski definition) is 1. The number of aromatic nitrogens is 1. The summed E-state index contributed by atoms with van der Waals surface area (Å²) >= 11 is 0. The number of pyridine rings is 1. The summed E-state index contributed by atoms with van der Waals surface area (Å²) in [5.74, 6) is 2.12. The van der Waals surface area contributed by atoms with E-state index in [9.17, 15) is 0 Å². The van der Waals surface area contributed by atoms with Crippen LogP contribution in [0.5, 0.6) is 0 Å². The maximum absolute atomic E-state index is 5.68. The standard InChI is InChI=1S/C22H36N6O.HI/c1-3-23-21(28-9-6-22(17-28)7-14-29-18-22)25-16-19-5-8-24-20(15-19)27-12-10-26(4-2)11-13-27;/h5,8,15H,3-4,6-7,9-14,16-18H2,1-2H3,(H,23,25);1H. The van der Waals surface area contributed by atoms with Crippen LogP contribution < -0.4 is 10.2 Å². The molecule has 0 saturated carbocycles. The molecule has 7 nitrogen and oxygen atoms in total. The normalized spacial score (nSPS) is 25.1. The highest BCUT2D eigenvalue weighted by Gasteiger charge is 2.42. The number of aliphatic imine (C=N–C) groups is 1. The summed E-state index contributed by atoms with van der Waals surface area (Å²) in [6, 6.07) is 4.31. The van der Waals surface area contributed by atoms with E-state index in [1.165, 1.54) is 18.4 Å². The largest absolute Gasteiger partial charge is 0.381 e. The van der Waals surface area contributed by atoms with E-state index in [4.69, 9.17) is 9.73 Å². The van der Waals surface area contributed by atoms with Crippen LogP contribution in [0, 0.1) is 5.41 Å². The molecule has 30 heavy (non-hydrogen) atoms. The molecule has 3 aliphatic rings. The SMILES string of the molecule is CCNC(=NCc1ccnc(N2CCN(CC)CC2)c1)N1CCC2(CCOC2)C1.I. The van der Waals surface area contributed by atoms with Crippen molar-refractivity contribution >= 4 is 35.8 Å². The van der Waals surface area contributed by atoms with Crippen LogP contribution in [0.15, 0.2) is 23.3 Å². The first-order chi connectivity index (χ1) is 14.2. The van der Waals surface area contributed by atoms with Crippen molar-refractivity contribution in [3.05, 3.63) is 23.9 Å². The smallest absolute Gasteiger partial charge is 0.194 e. The molecule has 1 N–H and O–H groups in total. The Morgan fingerprint density at radius 1 is 1.20 bits per heavy atom. The van der Waals surface area contributed by atoms with Crippen molar-refractivity contribution in [2.24, 2.45) is 10.4 Å². The van der Waals surface area contributed by atoms with E-state index in [1.807, 2.05) is 6.20 Å². The number of piperazine rings is 1. The molecule has 0 amide bonds. The van der Waals surface area contributed by atoms with E-state index >= 15 is 0 Å². The summed E-state index contributed by atoms with van der Waals surface area (Å²) in [4.78, 5) is 16.9. The maximum atomic E-state index is 5.68. The van der Waals surface area contributed by atoms with Crippen LogP contribution in [0.3, 0.4) is 0 Å². The van der Waals surface area contributed by atoms with Crippen molar-refractivity contribution in [2.75, 3.05) is 70.5 Å². The first kappa shape index (κ1) is 23.5. The molecule has 3 fully saturated rings. The van der Waals surface area contributed by atoms with Gasteiger partial charge >= 0.3 is 0 Å². The summed E-state index contributed by atoms with van der Waals surface area (Å²) in [6.45, 7) is 15.4. The van der Waals surface area contributed by atoms with Crippen molar-refractivity contribution in [2.45, 2.75) is 33.2 Å². The summed E-state index contributed by atoms with van der Waals surface area (Å²) in [5.41, 5.74) is 1.57. The predicted octanol–water partition coefficient (Wildman–Crippen LogP) is 2.42. The molecule has 1 spiro atoms. The van der Waals surface area contributed by atoms with Crippen LogP contribution in [0.25, 0.3) is 0 Å². The number of ether oxygens (including phenoxy) is 1. The number of hydrogen-bond acceptors (Lipinski definition) is 5. The van der Waals surface area contributed by atoms with Gasteiger partial charge in [-0.2, -0.15) is 0 Å². The zero-order valence-electron chi connectivity index (χ0n) is 18.5. The molecule has 0 aromatic carbocycles. The molecule has 1 unspecified atom stereocenters. The number of halogens is 1. The Labute approximate surface area is 198 Å². The molecule has 0 aliphatic carbocycles. The number of anilines is 1. The number of likely N-dealkylation sites (N-methyl/N-ethyl adjacent to an activating group) is 1. The van der Waals surface area contributed by atoms with Crippen LogP contribution in [-0.4, -0.2) is 86.3 Å². The Morgan fingerprint density at radius 2 is 2.03 bits per heavy atom. The lowest BCUT2D eigenvalue weighted by Gasteiger charge is -2.34. The van der Waals surface area contributed by atoms with E-state index in [-0.39, 0.29) is 24.0 Å². The quantitative estimate of drug-likeness (QED) is 0.360. The van der Waals surface area contributed by atoms with Gasteiger partial charge in [-0.1, -0.05) is 6.92 Å². The lowest BCUT2D eigenvalue weighted by Crippen LogP contribution is -2.46. The van der Waals surface area contributed by atoms with Crippen molar-refractivity contribution < 1.29 is 4.74 Å². The highest BCUT2D eigenvalue weighted by Crippen LogP contribution is 2.38. The molecule has 0 bridgehead atoms. The number of nitrogens with zero attached hydrogens (tertiary/aromatic N) is 5. The van der Waals surface area contributed by atoms with E-state index in [0.717, 1.165) is 77.3 Å². The van der Waals surface area contributed by atoms with Crippen LogP contribution in [0.1, 0.15) is 32.3 Å². The van der Waals surface area contributed by atoms with Gasteiger partial charge in [0.05, 0.1) is 13.2 Å². The second-order valence-electron chi connectivity index (χ2n) is 8.59. The van der Waals surface area contributed by atoms with Gasteiger partial charge in [0.25, 0.3) is 0 Å². The number of rotatable bonds is 5. The molecule has 1 aromatic heterocycles. The Bertz CT molecular complexity index is 701. The minimum Gasteiger partial charge on any atom is -0.381 e. The van der Waals surface area contributed by atoms with Crippen LogP contribution in [0.2, 0.25) is 0 Å². The van der Waals surface area contributed by atoms with Crippen molar-refractivity contribution in [1.82, 2.24) is 20.1 Å². The molecule has 1 atom stereocenters. The summed E-state index contributed by atoms with van der Waals surface area (Å²) in [7, 11) is 0. The third-order valence-corrected chi connectivity index (χ3v) is 6.62. The van der Waals surface area contributed by atoms with Gasteiger partial charge in [-0.05, 0) is 44.0 Å². The van der Waals surface area contributed by atoms with Gasteiger partial charge in [0.15, 0.2) is 5.96 Å². The third kappa shape index (κ3) is 5.56. The molecule has 8 heteroatoms. The molecular formula is C22H37IN6O. The first-order valence-corrected chi connectivity index (χ1v) is 11.2. The summed E-state index contributed by atoms with van der Waals surface area (Å²) in [6.07, 6.45) is 4.32. The summed E-state index contributed by atoms with van der Waals surface area (Å²) in [5, 5.41) is 3.49. The predicted molar refractivity (Wildman–Crippen MR) is 133 cm³/mol. The van der Waals surface area contributed by atoms with Gasteiger partial charge in [0.1, 0.15) is 5.82 Å². The Hall–Kier alpha value is -1.13. The average Bonchev–Trinajstić information content (AvgIpc) is 3.41. The zero-order chi connectivity index (χ0) is 20.1. The Morgan fingerprint density at radius 3 is 2.73 bits per heavy atom. The molecule has 4 rings (SSSR count). The fourth-order valence-corrected chi connectivity index (χ4v) is 4.70. The van der Waals surface area contributed by atoms with E-state index in [0.29, 0.717) is 12.0 Å². The second-order valence-corrected chi connectivity index (χ2v) is 8.59. The van der Waals surface area contributed by atoms with E-state index < -0.39 is 0 Å². The van der Waals surface area contributed by atoms with Gasteiger partial charge in [0.2, 0.25) is 0 Å². The molecule has 1 aromatic rings. The second kappa shape index (κ2) is 10.9. The number of guanidine groups is 1. The van der Waals surface area contributed by atoms with Gasteiger partial charge in [-0.25, -0.2) is 9.98 Å². The van der Waals surface area contributed by atoms with Gasteiger partial charge in [-0.15, -0.1) is 24.0 Å². The number of likely N-dealkylation sites (tertiary alicyclic amines) is 1. The van der Waals surface area contributed by atoms with Crippen LogP contribution in [0.4, 0.5) is 5.82 Å². The van der Waals surface area contributed by atoms with Crippen LogP contribution >= 0.6 is 24.0 Å². The fourth-order valence-electron chi connectivity index (χ4n) is 4.70. The molecular weight excluding hydrogens is 491 g/mol. The third-order valence-electron chi connectivity index (χ3n) is 6.62. The molecule has 4 heterocycles. The van der Waals surface area contributed by atoms with Crippen molar-refractivity contribution in [3.8, 4) is 0 Å². The lowest BCUT2D eigenvalue weighted by atomic mass is 9.87. The monoisotopic (exact) mass is 528 g/mol. The topological polar surface area (TPSA) is 56.2 Å². The van der Waals surface area contributed by atoms with Gasteiger partial charge in [-0.3, -0.25) is 0 Å².